The normalized spacial score (nSPS) is 20.2. The third-order valence-electron chi connectivity index (χ3n) is 5.03. The van der Waals surface area contributed by atoms with Crippen molar-refractivity contribution in [1.29, 1.82) is 0 Å². The molecule has 1 saturated heterocycles. The monoisotopic (exact) mass is 391 g/mol. The van der Waals surface area contributed by atoms with Gasteiger partial charge in [-0.3, -0.25) is 9.78 Å². The Kier molecular flexibility index (Phi) is 7.33. The van der Waals surface area contributed by atoms with Gasteiger partial charge in [0.15, 0.2) is 12.2 Å². The fraction of sp³-hybridized carbons (Fsp3) is 0.429. The number of nitrogens with two attached hydrogens (primary N) is 1. The minimum absolute atomic E-state index is 0. The van der Waals surface area contributed by atoms with E-state index in [2.05, 4.69) is 31.1 Å². The smallest absolute Gasteiger partial charge is 0.279 e. The molecule has 1 aliphatic heterocycles. The van der Waals surface area contributed by atoms with Gasteiger partial charge in [0.1, 0.15) is 6.54 Å². The molecule has 4 nitrogen and oxygen atoms in total. The van der Waals surface area contributed by atoms with Gasteiger partial charge >= 0.3 is 0 Å². The molecular weight excluding hydrogens is 365 g/mol. The summed E-state index contributed by atoms with van der Waals surface area (Å²) in [6.45, 7) is 6.71. The third kappa shape index (κ3) is 5.05. The molecule has 3 N–H and O–H groups in total. The number of rotatable bonds is 5. The number of quaternary nitrogens is 1. The molecule has 0 radical (unpaired) electrons. The molecular formula is C21H27ClFN3O. The van der Waals surface area contributed by atoms with Crippen LogP contribution in [0.1, 0.15) is 54.6 Å². The number of pyridine rings is 1. The number of alkyl halides is 1. The lowest BCUT2D eigenvalue weighted by molar-refractivity contribution is -0.659. The van der Waals surface area contributed by atoms with Crippen LogP contribution in [0, 0.1) is 6.92 Å². The van der Waals surface area contributed by atoms with Crippen LogP contribution in [0.25, 0.3) is 0 Å². The number of aryl methyl sites for hydroxylation is 1. The Morgan fingerprint density at radius 3 is 2.56 bits per heavy atom. The van der Waals surface area contributed by atoms with Crippen molar-refractivity contribution in [2.75, 3.05) is 6.54 Å². The zero-order chi connectivity index (χ0) is 18.7. The van der Waals surface area contributed by atoms with Crippen molar-refractivity contribution in [3.8, 4) is 0 Å². The third-order valence-corrected chi connectivity index (χ3v) is 5.03. The van der Waals surface area contributed by atoms with Gasteiger partial charge in [-0.25, -0.2) is 4.39 Å². The molecule has 3 rings (SSSR count). The first-order chi connectivity index (χ1) is 12.5. The maximum absolute atomic E-state index is 13.5. The zero-order valence-electron chi connectivity index (χ0n) is 16.0. The quantitative estimate of drug-likeness (QED) is 0.715. The van der Waals surface area contributed by atoms with Crippen LogP contribution in [0.5, 0.6) is 0 Å². The molecule has 1 aromatic carbocycles. The average molecular weight is 392 g/mol. The second-order valence-corrected chi connectivity index (χ2v) is 7.38. The predicted molar refractivity (Wildman–Crippen MR) is 99.6 cm³/mol. The van der Waals surface area contributed by atoms with E-state index in [1.807, 2.05) is 42.6 Å². The van der Waals surface area contributed by atoms with Crippen LogP contribution >= 0.6 is 0 Å². The molecule has 3 atom stereocenters. The van der Waals surface area contributed by atoms with E-state index in [0.29, 0.717) is 12.5 Å². The Hall–Kier alpha value is -1.98. The summed E-state index contributed by atoms with van der Waals surface area (Å²) in [5.41, 5.74) is 4.15. The summed E-state index contributed by atoms with van der Waals surface area (Å²) in [5, 5.41) is 4.87. The number of amides is 1. The highest BCUT2D eigenvalue weighted by molar-refractivity contribution is 5.81. The summed E-state index contributed by atoms with van der Waals surface area (Å²) in [7, 11) is 0. The number of halogens is 2. The average Bonchev–Trinajstić information content (AvgIpc) is 3.06. The van der Waals surface area contributed by atoms with Gasteiger partial charge in [0, 0.05) is 12.6 Å². The van der Waals surface area contributed by atoms with Crippen molar-refractivity contribution < 1.29 is 26.9 Å². The number of hydrogen-bond donors (Lipinski definition) is 2. The van der Waals surface area contributed by atoms with Gasteiger partial charge in [-0.05, 0) is 35.6 Å². The molecule has 0 aliphatic carbocycles. The minimum atomic E-state index is -0.911. The molecule has 1 aliphatic rings. The number of aromatic nitrogens is 1. The lowest BCUT2D eigenvalue weighted by Gasteiger charge is -2.21. The van der Waals surface area contributed by atoms with Crippen molar-refractivity contribution in [3.63, 3.8) is 0 Å². The van der Waals surface area contributed by atoms with Crippen LogP contribution in [-0.4, -0.2) is 29.6 Å². The Labute approximate surface area is 166 Å². The molecule has 0 spiro atoms. The maximum atomic E-state index is 13.5. The van der Waals surface area contributed by atoms with E-state index in [4.69, 9.17) is 0 Å². The van der Waals surface area contributed by atoms with Crippen LogP contribution in [0.3, 0.4) is 0 Å². The molecule has 2 heterocycles. The summed E-state index contributed by atoms with van der Waals surface area (Å²) in [4.78, 5) is 17.3. The first kappa shape index (κ1) is 21.3. The molecule has 146 valence electrons. The first-order valence-corrected chi connectivity index (χ1v) is 9.25. The van der Waals surface area contributed by atoms with Crippen LogP contribution in [-0.2, 0) is 4.79 Å². The maximum Gasteiger partial charge on any atom is 0.279 e. The standard InChI is InChI=1S/C21H26FN3O.ClH/c1-13(2)17-12-24-18(9-14(17)3)20(15-7-5-4-6-8-15)25-21(26)19-10-16(22)11-23-19;/h4-9,12-13,16,19-20,23H,10-11H2,1-3H3,(H,25,26);1H/t16-,19+,20+;/m1./s1. The SMILES string of the molecule is Cc1cc([C@@H](NC(=O)[C@@H]2C[C@@H](F)C[NH2+]2)c2ccccc2)ncc1C(C)C.[Cl-]. The summed E-state index contributed by atoms with van der Waals surface area (Å²) in [6, 6.07) is 11.1. The fourth-order valence-electron chi connectivity index (χ4n) is 3.57. The minimum Gasteiger partial charge on any atom is -1.00 e. The number of nitrogens with one attached hydrogen (secondary N) is 1. The Morgan fingerprint density at radius 2 is 2.00 bits per heavy atom. The summed E-state index contributed by atoms with van der Waals surface area (Å²) >= 11 is 0. The second-order valence-electron chi connectivity index (χ2n) is 7.38. The molecule has 0 bridgehead atoms. The Balaban J connectivity index is 0.00000261. The van der Waals surface area contributed by atoms with E-state index in [1.165, 1.54) is 5.56 Å². The van der Waals surface area contributed by atoms with Gasteiger partial charge in [0.05, 0.1) is 11.7 Å². The van der Waals surface area contributed by atoms with Crippen LogP contribution < -0.4 is 23.0 Å². The number of benzene rings is 1. The van der Waals surface area contributed by atoms with Crippen LogP contribution in [0.2, 0.25) is 0 Å². The van der Waals surface area contributed by atoms with E-state index in [1.54, 1.807) is 5.32 Å². The molecule has 0 unspecified atom stereocenters. The van der Waals surface area contributed by atoms with Gasteiger partial charge in [-0.2, -0.15) is 0 Å². The first-order valence-electron chi connectivity index (χ1n) is 9.25. The van der Waals surface area contributed by atoms with E-state index < -0.39 is 6.17 Å². The fourth-order valence-corrected chi connectivity index (χ4v) is 3.57. The Bertz CT molecular complexity index is 769. The molecule has 0 saturated carbocycles. The van der Waals surface area contributed by atoms with Crippen molar-refractivity contribution in [1.82, 2.24) is 10.3 Å². The van der Waals surface area contributed by atoms with Crippen LogP contribution in [0.15, 0.2) is 42.6 Å². The van der Waals surface area contributed by atoms with E-state index in [0.717, 1.165) is 16.8 Å². The van der Waals surface area contributed by atoms with Gasteiger partial charge in [0.2, 0.25) is 0 Å². The number of carbonyl (C=O) groups is 1. The van der Waals surface area contributed by atoms with Crippen molar-refractivity contribution in [2.24, 2.45) is 0 Å². The van der Waals surface area contributed by atoms with E-state index in [-0.39, 0.29) is 36.8 Å². The molecule has 6 heteroatoms. The summed E-state index contributed by atoms with van der Waals surface area (Å²) in [6.07, 6.45) is 1.26. The van der Waals surface area contributed by atoms with Gasteiger partial charge in [-0.1, -0.05) is 44.2 Å². The molecule has 1 amide bonds. The van der Waals surface area contributed by atoms with E-state index >= 15 is 0 Å². The van der Waals surface area contributed by atoms with Crippen molar-refractivity contribution >= 4 is 5.91 Å². The molecule has 27 heavy (non-hydrogen) atoms. The lowest BCUT2D eigenvalue weighted by Crippen LogP contribution is -3.00. The van der Waals surface area contributed by atoms with Gasteiger partial charge in [0.25, 0.3) is 5.91 Å². The summed E-state index contributed by atoms with van der Waals surface area (Å²) < 4.78 is 13.5. The highest BCUT2D eigenvalue weighted by Crippen LogP contribution is 2.25. The lowest BCUT2D eigenvalue weighted by atomic mass is 9.96. The van der Waals surface area contributed by atoms with Gasteiger partial charge in [-0.15, -0.1) is 0 Å². The largest absolute Gasteiger partial charge is 1.00 e. The Morgan fingerprint density at radius 1 is 1.30 bits per heavy atom. The number of hydrogen-bond acceptors (Lipinski definition) is 2. The molecule has 2 aromatic rings. The second kappa shape index (κ2) is 9.29. The highest BCUT2D eigenvalue weighted by atomic mass is 35.5. The molecule has 1 aromatic heterocycles. The zero-order valence-corrected chi connectivity index (χ0v) is 16.7. The van der Waals surface area contributed by atoms with Gasteiger partial charge < -0.3 is 23.0 Å². The highest BCUT2D eigenvalue weighted by Gasteiger charge is 2.35. The van der Waals surface area contributed by atoms with Crippen molar-refractivity contribution in [2.45, 2.75) is 51.4 Å². The van der Waals surface area contributed by atoms with Crippen molar-refractivity contribution in [3.05, 3.63) is 65.0 Å². The number of nitrogens with zero attached hydrogens (tertiary/aromatic N) is 1. The predicted octanol–water partition coefficient (Wildman–Crippen LogP) is -0.603. The number of carbonyl (C=O) groups excluding carboxylic acids is 1. The topological polar surface area (TPSA) is 58.6 Å². The summed E-state index contributed by atoms with van der Waals surface area (Å²) in [5.74, 6) is 0.266. The molecule has 1 fully saturated rings. The van der Waals surface area contributed by atoms with E-state index in [9.17, 15) is 9.18 Å². The van der Waals surface area contributed by atoms with Crippen LogP contribution in [0.4, 0.5) is 4.39 Å².